The lowest BCUT2D eigenvalue weighted by Gasteiger charge is -2.52. The predicted molar refractivity (Wildman–Crippen MR) is 352 cm³/mol. The third-order valence-electron chi connectivity index (χ3n) is 20.8. The van der Waals surface area contributed by atoms with Crippen molar-refractivity contribution in [2.75, 3.05) is 14.7 Å². The monoisotopic (exact) mass is 1080 g/mol. The van der Waals surface area contributed by atoms with Crippen molar-refractivity contribution in [3.05, 3.63) is 207 Å². The Morgan fingerprint density at radius 2 is 0.988 bits per heavy atom. The summed E-state index contributed by atoms with van der Waals surface area (Å²) in [5, 5.41) is 0. The van der Waals surface area contributed by atoms with Crippen LogP contribution in [0.3, 0.4) is 0 Å². The number of benzene rings is 8. The SMILES string of the molecule is Cc1cc2c3c(c1)N(c1ccc(C(C)(C)C)cc1-c1ccccc1)c1cc(N4c5ccc(C(C)(C)C)cc5C5(c6ccc(C(C)(C)C)cc6)CCCCC45C)ccc1B3c1cc3c(cc1N2c1ccc2c(c1)CC(C)(C)C2)CC(C)(C)C3. The van der Waals surface area contributed by atoms with Crippen molar-refractivity contribution in [3.63, 3.8) is 0 Å². The van der Waals surface area contributed by atoms with E-state index in [1.807, 2.05) is 0 Å². The smallest absolute Gasteiger partial charge is 0.252 e. The number of aryl methyl sites for hydroxylation is 1. The van der Waals surface area contributed by atoms with Gasteiger partial charge in [0.05, 0.1) is 11.2 Å². The van der Waals surface area contributed by atoms with Gasteiger partial charge in [0.2, 0.25) is 0 Å². The summed E-state index contributed by atoms with van der Waals surface area (Å²) in [5.41, 5.74) is 31.3. The number of rotatable bonds is 5. The van der Waals surface area contributed by atoms with E-state index in [1.165, 1.54) is 141 Å². The molecule has 0 amide bonds. The van der Waals surface area contributed by atoms with Gasteiger partial charge in [-0.3, -0.25) is 0 Å². The topological polar surface area (TPSA) is 9.72 Å². The molecule has 3 heterocycles. The summed E-state index contributed by atoms with van der Waals surface area (Å²) in [7, 11) is 0. The van der Waals surface area contributed by atoms with Crippen molar-refractivity contribution in [2.24, 2.45) is 10.8 Å². The molecule has 3 nitrogen and oxygen atoms in total. The van der Waals surface area contributed by atoms with Gasteiger partial charge in [0, 0.05) is 50.8 Å². The summed E-state index contributed by atoms with van der Waals surface area (Å²) >= 11 is 0. The van der Waals surface area contributed by atoms with E-state index in [0.29, 0.717) is 0 Å². The Bertz CT molecular complexity index is 3930. The van der Waals surface area contributed by atoms with E-state index in [1.54, 1.807) is 0 Å². The van der Waals surface area contributed by atoms with Crippen molar-refractivity contribution < 1.29 is 0 Å². The van der Waals surface area contributed by atoms with E-state index >= 15 is 0 Å². The van der Waals surface area contributed by atoms with Gasteiger partial charge in [-0.05, 0) is 218 Å². The highest BCUT2D eigenvalue weighted by atomic mass is 15.3. The fraction of sp³-hybridized carbons (Fsp3) is 0.385. The Kier molecular flexibility index (Phi) is 11.6. The first-order valence-corrected chi connectivity index (χ1v) is 31.2. The van der Waals surface area contributed by atoms with Gasteiger partial charge in [0.25, 0.3) is 6.71 Å². The molecule has 3 aliphatic heterocycles. The van der Waals surface area contributed by atoms with Crippen molar-refractivity contribution in [1.29, 1.82) is 0 Å². The highest BCUT2D eigenvalue weighted by Crippen LogP contribution is 2.65. The molecule has 1 saturated carbocycles. The molecule has 1 fully saturated rings. The number of hydrogen-bond donors (Lipinski definition) is 0. The summed E-state index contributed by atoms with van der Waals surface area (Å²) in [6, 6.07) is 61.7. The van der Waals surface area contributed by atoms with Gasteiger partial charge in [-0.1, -0.05) is 194 Å². The molecule has 14 rings (SSSR count). The first-order valence-electron chi connectivity index (χ1n) is 31.2. The molecule has 82 heavy (non-hydrogen) atoms. The molecule has 0 N–H and O–H groups in total. The zero-order valence-corrected chi connectivity index (χ0v) is 52.0. The minimum absolute atomic E-state index is 0.000308. The summed E-state index contributed by atoms with van der Waals surface area (Å²) in [4.78, 5) is 8.27. The van der Waals surface area contributed by atoms with Crippen LogP contribution in [0.15, 0.2) is 152 Å². The Balaban J connectivity index is 1.06. The van der Waals surface area contributed by atoms with Gasteiger partial charge in [-0.25, -0.2) is 0 Å². The first kappa shape index (κ1) is 53.2. The van der Waals surface area contributed by atoms with Crippen LogP contribution in [0.5, 0.6) is 0 Å². The predicted octanol–water partition coefficient (Wildman–Crippen LogP) is 18.7. The molecule has 8 aromatic rings. The lowest BCUT2D eigenvalue weighted by atomic mass is 9.33. The van der Waals surface area contributed by atoms with Crippen LogP contribution < -0.4 is 31.1 Å². The highest BCUT2D eigenvalue weighted by molar-refractivity contribution is 7.00. The van der Waals surface area contributed by atoms with E-state index < -0.39 is 0 Å². The Hall–Kier alpha value is -6.78. The highest BCUT2D eigenvalue weighted by Gasteiger charge is 2.61. The quantitative estimate of drug-likeness (QED) is 0.159. The third kappa shape index (κ3) is 8.09. The van der Waals surface area contributed by atoms with Crippen molar-refractivity contribution >= 4 is 68.6 Å². The van der Waals surface area contributed by atoms with E-state index in [-0.39, 0.29) is 44.7 Å². The third-order valence-corrected chi connectivity index (χ3v) is 20.8. The van der Waals surface area contributed by atoms with Crippen LogP contribution in [0.25, 0.3) is 11.1 Å². The van der Waals surface area contributed by atoms with E-state index in [2.05, 4.69) is 270 Å². The van der Waals surface area contributed by atoms with Gasteiger partial charge in [-0.15, -0.1) is 0 Å². The molecule has 0 bridgehead atoms. The molecule has 0 radical (unpaired) electrons. The normalized spacial score (nSPS) is 20.9. The van der Waals surface area contributed by atoms with E-state index in [0.717, 1.165) is 38.5 Å². The Morgan fingerprint density at radius 1 is 0.427 bits per heavy atom. The molecular weight excluding hydrogens is 990 g/mol. The number of hydrogen-bond acceptors (Lipinski definition) is 3. The second-order valence-electron chi connectivity index (χ2n) is 31.1. The van der Waals surface area contributed by atoms with Gasteiger partial charge in [0.1, 0.15) is 0 Å². The number of anilines is 8. The molecule has 4 heteroatoms. The summed E-state index contributed by atoms with van der Waals surface area (Å²) in [6.45, 7) is 36.1. The molecule has 2 atom stereocenters. The van der Waals surface area contributed by atoms with Crippen LogP contribution in [0.4, 0.5) is 45.5 Å². The maximum atomic E-state index is 2.85. The van der Waals surface area contributed by atoms with Crippen LogP contribution in [-0.2, 0) is 47.3 Å². The summed E-state index contributed by atoms with van der Waals surface area (Å²) in [5.74, 6) is 0. The zero-order valence-electron chi connectivity index (χ0n) is 52.0. The van der Waals surface area contributed by atoms with Crippen LogP contribution in [0.1, 0.15) is 178 Å². The zero-order chi connectivity index (χ0) is 57.4. The Labute approximate surface area is 492 Å². The maximum absolute atomic E-state index is 2.85. The second kappa shape index (κ2) is 17.9. The lowest BCUT2D eigenvalue weighted by molar-refractivity contribution is 0.215. The average molecular weight is 1080 g/mol. The summed E-state index contributed by atoms with van der Waals surface area (Å²) < 4.78 is 0. The standard InChI is InChI=1S/C78H86BN3/c1-49-37-69-71-70(38-49)81(65-33-28-57(73(5,6)7)42-61(65)50-21-17-16-18-22-50)68-44-60(82-66-34-29-58(74(8,9)10)43-62(66)78(36-20-19-35-77(78,82)15)56-26-24-55(25-27-56)72(2,3)4)31-32-63(68)79(71)64-40-53-47-76(13,14)48-54(53)41-67(64)80(69)59-30-23-51-45-75(11,12)46-52(51)39-59/h16-18,21-34,37-44H,19-20,35-36,45-48H2,1-15H3. The molecule has 0 saturated heterocycles. The van der Waals surface area contributed by atoms with Crippen LogP contribution in [-0.4, -0.2) is 12.3 Å². The van der Waals surface area contributed by atoms with Gasteiger partial charge in [-0.2, -0.15) is 0 Å². The minimum atomic E-state index is -0.247. The molecular formula is C78H86BN3. The van der Waals surface area contributed by atoms with E-state index in [9.17, 15) is 0 Å². The molecule has 6 aliphatic rings. The summed E-state index contributed by atoms with van der Waals surface area (Å²) in [6.07, 6.45) is 9.02. The number of fused-ring (bicyclic) bond motifs is 9. The Morgan fingerprint density at radius 3 is 1.66 bits per heavy atom. The molecule has 416 valence electrons. The lowest BCUT2D eigenvalue weighted by Crippen LogP contribution is -2.61. The first-order chi connectivity index (χ1) is 38.7. The van der Waals surface area contributed by atoms with E-state index in [4.69, 9.17) is 0 Å². The van der Waals surface area contributed by atoms with Gasteiger partial charge >= 0.3 is 0 Å². The van der Waals surface area contributed by atoms with Crippen LogP contribution >= 0.6 is 0 Å². The number of nitrogens with zero attached hydrogens (tertiary/aromatic N) is 3. The molecule has 0 aromatic heterocycles. The fourth-order valence-corrected chi connectivity index (χ4v) is 16.7. The molecule has 8 aromatic carbocycles. The molecule has 0 spiro atoms. The van der Waals surface area contributed by atoms with Crippen LogP contribution in [0, 0.1) is 17.8 Å². The van der Waals surface area contributed by atoms with Crippen molar-refractivity contribution in [1.82, 2.24) is 0 Å². The largest absolute Gasteiger partial charge is 0.334 e. The van der Waals surface area contributed by atoms with Crippen LogP contribution in [0.2, 0.25) is 0 Å². The van der Waals surface area contributed by atoms with Crippen molar-refractivity contribution in [2.45, 2.75) is 182 Å². The average Bonchev–Trinajstić information content (AvgIpc) is 1.39. The van der Waals surface area contributed by atoms with Gasteiger partial charge in [0.15, 0.2) is 0 Å². The maximum Gasteiger partial charge on any atom is 0.252 e. The fourth-order valence-electron chi connectivity index (χ4n) is 16.7. The van der Waals surface area contributed by atoms with Gasteiger partial charge < -0.3 is 14.7 Å². The molecule has 3 aliphatic carbocycles. The molecule has 2 unspecified atom stereocenters. The van der Waals surface area contributed by atoms with Crippen molar-refractivity contribution in [3.8, 4) is 11.1 Å². The second-order valence-corrected chi connectivity index (χ2v) is 31.1. The minimum Gasteiger partial charge on any atom is -0.334 e.